The summed E-state index contributed by atoms with van der Waals surface area (Å²) in [6.07, 6.45) is 0. The van der Waals surface area contributed by atoms with Gasteiger partial charge in [-0.1, -0.05) is 0 Å². The predicted molar refractivity (Wildman–Crippen MR) is 25.7 cm³/mol. The van der Waals surface area contributed by atoms with E-state index in [2.05, 4.69) is 0 Å². The first kappa shape index (κ1) is 22.4. The standard InChI is InChI=1S/2Al.K.H2O4S/c;;;1-5(2,3)4/h;;;(H2,1,2,3,4)/q2*+3;+1;. The summed E-state index contributed by atoms with van der Waals surface area (Å²) in [5.41, 5.74) is 0. The normalized spacial score (nSPS) is 7.25. The van der Waals surface area contributed by atoms with Crippen molar-refractivity contribution >= 4 is 45.1 Å². The molecular formula is H2Al2KO4S+7. The van der Waals surface area contributed by atoms with Gasteiger partial charge in [0.25, 0.3) is 0 Å². The van der Waals surface area contributed by atoms with Crippen molar-refractivity contribution in [2.24, 2.45) is 0 Å². The average molecular weight is 191 g/mol. The summed E-state index contributed by atoms with van der Waals surface area (Å²) in [6, 6.07) is 0. The maximum Gasteiger partial charge on any atom is 3.00 e. The molecule has 0 heterocycles. The molecule has 0 radical (unpaired) electrons. The van der Waals surface area contributed by atoms with Crippen LogP contribution in [0.3, 0.4) is 0 Å². The van der Waals surface area contributed by atoms with E-state index < -0.39 is 10.4 Å². The Morgan fingerprint density at radius 3 is 1.00 bits per heavy atom. The van der Waals surface area contributed by atoms with Crippen LogP contribution in [0.25, 0.3) is 0 Å². The first-order valence-corrected chi connectivity index (χ1v) is 2.10. The van der Waals surface area contributed by atoms with Gasteiger partial charge in [-0.15, -0.1) is 0 Å². The largest absolute Gasteiger partial charge is 3.00 e. The van der Waals surface area contributed by atoms with Crippen molar-refractivity contribution in [3.63, 3.8) is 0 Å². The quantitative estimate of drug-likeness (QED) is 0.299. The van der Waals surface area contributed by atoms with E-state index in [1.165, 1.54) is 0 Å². The Labute approximate surface area is 112 Å². The van der Waals surface area contributed by atoms with Gasteiger partial charge in [0.05, 0.1) is 0 Å². The van der Waals surface area contributed by atoms with Gasteiger partial charge in [0.1, 0.15) is 0 Å². The second-order valence-electron chi connectivity index (χ2n) is 0.448. The Balaban J connectivity index is -0.0000000267. The molecule has 0 atom stereocenters. The zero-order valence-electron chi connectivity index (χ0n) is 4.27. The molecule has 4 nitrogen and oxygen atoms in total. The van der Waals surface area contributed by atoms with E-state index in [0.717, 1.165) is 0 Å². The second kappa shape index (κ2) is 9.57. The molecule has 0 bridgehead atoms. The molecule has 0 aromatic carbocycles. The Hall–Kier alpha value is 2.57. The van der Waals surface area contributed by atoms with Crippen LogP contribution in [0.1, 0.15) is 0 Å². The molecule has 32 valence electrons. The van der Waals surface area contributed by atoms with Crippen molar-refractivity contribution in [3.8, 4) is 0 Å². The van der Waals surface area contributed by atoms with Crippen molar-refractivity contribution in [1.29, 1.82) is 0 Å². The SMILES string of the molecule is O=S(=O)(O)O.[Al+3].[Al+3].[K+]. The third kappa shape index (κ3) is 74.3. The van der Waals surface area contributed by atoms with E-state index >= 15 is 0 Å². The van der Waals surface area contributed by atoms with Gasteiger partial charge in [0.15, 0.2) is 0 Å². The van der Waals surface area contributed by atoms with Gasteiger partial charge >= 0.3 is 96.5 Å². The fourth-order valence-electron chi connectivity index (χ4n) is 0. The number of rotatable bonds is 0. The summed E-state index contributed by atoms with van der Waals surface area (Å²) in [7, 11) is -4.67. The summed E-state index contributed by atoms with van der Waals surface area (Å²) in [5, 5.41) is 0. The van der Waals surface area contributed by atoms with Crippen molar-refractivity contribution in [3.05, 3.63) is 0 Å². The topological polar surface area (TPSA) is 74.6 Å². The van der Waals surface area contributed by atoms with E-state index in [1.54, 1.807) is 0 Å². The maximum atomic E-state index is 8.74. The molecule has 0 aromatic heterocycles. The van der Waals surface area contributed by atoms with E-state index in [0.29, 0.717) is 0 Å². The van der Waals surface area contributed by atoms with Crippen molar-refractivity contribution in [2.75, 3.05) is 0 Å². The van der Waals surface area contributed by atoms with Crippen LogP contribution < -0.4 is 51.4 Å². The summed E-state index contributed by atoms with van der Waals surface area (Å²) in [4.78, 5) is 0. The molecule has 2 N–H and O–H groups in total. The minimum Gasteiger partial charge on any atom is -0.264 e. The van der Waals surface area contributed by atoms with Crippen LogP contribution in [0, 0.1) is 0 Å². The average Bonchev–Trinajstić information content (AvgIpc) is 0.722. The monoisotopic (exact) mass is 191 g/mol. The third-order valence-corrected chi connectivity index (χ3v) is 0. The van der Waals surface area contributed by atoms with Gasteiger partial charge in [0.2, 0.25) is 0 Å². The molecule has 0 saturated carbocycles. The Morgan fingerprint density at radius 2 is 1.00 bits per heavy atom. The predicted octanol–water partition coefficient (Wildman–Crippen LogP) is -4.41. The van der Waals surface area contributed by atoms with Gasteiger partial charge in [-0.25, -0.2) is 0 Å². The fourth-order valence-corrected chi connectivity index (χ4v) is 0. The van der Waals surface area contributed by atoms with Gasteiger partial charge in [0, 0.05) is 0 Å². The zero-order chi connectivity index (χ0) is 4.50. The van der Waals surface area contributed by atoms with Gasteiger partial charge in [-0.05, 0) is 0 Å². The first-order chi connectivity index (χ1) is 2.00. The van der Waals surface area contributed by atoms with Crippen LogP contribution in [-0.2, 0) is 10.4 Å². The van der Waals surface area contributed by atoms with Gasteiger partial charge in [-0.3, -0.25) is 9.11 Å². The van der Waals surface area contributed by atoms with Crippen molar-refractivity contribution in [1.82, 2.24) is 0 Å². The third-order valence-electron chi connectivity index (χ3n) is 0. The van der Waals surface area contributed by atoms with Crippen LogP contribution in [0.4, 0.5) is 0 Å². The van der Waals surface area contributed by atoms with Crippen LogP contribution in [0.2, 0.25) is 0 Å². The molecule has 0 aliphatic heterocycles. The summed E-state index contributed by atoms with van der Waals surface area (Å²) in [5.74, 6) is 0. The molecule has 8 heteroatoms. The van der Waals surface area contributed by atoms with Crippen LogP contribution >= 0.6 is 0 Å². The molecule has 0 aromatic rings. The molecule has 8 heavy (non-hydrogen) atoms. The second-order valence-corrected chi connectivity index (χ2v) is 1.34. The Morgan fingerprint density at radius 1 is 1.00 bits per heavy atom. The summed E-state index contributed by atoms with van der Waals surface area (Å²) >= 11 is 0. The van der Waals surface area contributed by atoms with Crippen LogP contribution in [0.15, 0.2) is 0 Å². The summed E-state index contributed by atoms with van der Waals surface area (Å²) < 4.78 is 31.6. The number of hydrogen-bond donors (Lipinski definition) is 2. The summed E-state index contributed by atoms with van der Waals surface area (Å²) in [6.45, 7) is 0. The maximum absolute atomic E-state index is 8.74. The van der Waals surface area contributed by atoms with Gasteiger partial charge in [-0.2, -0.15) is 8.42 Å². The fraction of sp³-hybridized carbons (Fsp3) is 0. The Kier molecular flexibility index (Phi) is 26.8. The van der Waals surface area contributed by atoms with E-state index in [4.69, 9.17) is 17.5 Å². The molecule has 0 aliphatic carbocycles. The van der Waals surface area contributed by atoms with Gasteiger partial charge < -0.3 is 0 Å². The van der Waals surface area contributed by atoms with Crippen molar-refractivity contribution < 1.29 is 68.9 Å². The molecule has 0 amide bonds. The minimum atomic E-state index is -4.67. The molecule has 0 rings (SSSR count). The van der Waals surface area contributed by atoms with E-state index in [-0.39, 0.29) is 86.1 Å². The Bertz CT molecular complexity index is 97.2. The van der Waals surface area contributed by atoms with Crippen molar-refractivity contribution in [2.45, 2.75) is 0 Å². The smallest absolute Gasteiger partial charge is 0.264 e. The van der Waals surface area contributed by atoms with E-state index in [1.807, 2.05) is 0 Å². The van der Waals surface area contributed by atoms with E-state index in [9.17, 15) is 0 Å². The zero-order valence-corrected chi connectivity index (χ0v) is 10.5. The number of hydrogen-bond acceptors (Lipinski definition) is 2. The molecule has 0 spiro atoms. The molecule has 0 fully saturated rings. The minimum absolute atomic E-state index is 0. The molecule has 0 saturated heterocycles. The van der Waals surface area contributed by atoms with Crippen LogP contribution in [0.5, 0.6) is 0 Å². The molecule has 0 aliphatic rings. The van der Waals surface area contributed by atoms with Crippen LogP contribution in [-0.4, -0.2) is 52.2 Å². The molecular weight excluding hydrogens is 189 g/mol. The molecule has 0 unspecified atom stereocenters. The first-order valence-electron chi connectivity index (χ1n) is 0.698.